The average molecular weight is 542 g/mol. The third-order valence-electron chi connectivity index (χ3n) is 6.70. The molecule has 0 saturated carbocycles. The minimum absolute atomic E-state index is 0.313. The number of esters is 1. The van der Waals surface area contributed by atoms with Crippen molar-refractivity contribution in [2.75, 3.05) is 13.2 Å². The Kier molecular flexibility index (Phi) is 9.65. The number of nitrogens with zero attached hydrogens (tertiary/aromatic N) is 1. The van der Waals surface area contributed by atoms with Crippen LogP contribution in [0.2, 0.25) is 0 Å². The third-order valence-corrected chi connectivity index (χ3v) is 6.70. The highest BCUT2D eigenvalue weighted by molar-refractivity contribution is 5.79. The second-order valence-corrected chi connectivity index (χ2v) is 10.3. The van der Waals surface area contributed by atoms with E-state index in [1.54, 1.807) is 20.8 Å². The van der Waals surface area contributed by atoms with Gasteiger partial charge in [0.2, 0.25) is 5.89 Å². The molecule has 0 fully saturated rings. The van der Waals surface area contributed by atoms with Crippen molar-refractivity contribution in [3.05, 3.63) is 89.8 Å². The first-order valence-electron chi connectivity index (χ1n) is 14.0. The minimum atomic E-state index is -1.08. The van der Waals surface area contributed by atoms with Gasteiger partial charge in [0.1, 0.15) is 17.3 Å². The van der Waals surface area contributed by atoms with Gasteiger partial charge in [-0.15, -0.1) is 0 Å². The van der Waals surface area contributed by atoms with E-state index >= 15 is 0 Å². The van der Waals surface area contributed by atoms with Gasteiger partial charge in [0, 0.05) is 12.0 Å². The minimum Gasteiger partial charge on any atom is -0.493 e. The largest absolute Gasteiger partial charge is 0.493 e. The summed E-state index contributed by atoms with van der Waals surface area (Å²) in [5.74, 6) is 2.45. The van der Waals surface area contributed by atoms with Crippen molar-refractivity contribution in [1.82, 2.24) is 4.98 Å². The second-order valence-electron chi connectivity index (χ2n) is 10.3. The molecule has 210 valence electrons. The number of rotatable bonds is 13. The standard InChI is InChI=1S/C34H39NO5/c1-6-8-12-28-23-29(40-34(4,5)33(36)37-7-2)19-20-31(28)38-22-21-30-24(3)39-32(35-30)27-17-15-26(16-18-27)25-13-10-9-11-14-25/h9-11,13-20,23H,6-8,12,21-22H2,1-5H3. The number of ether oxygens (including phenoxy) is 3. The fourth-order valence-corrected chi connectivity index (χ4v) is 4.44. The van der Waals surface area contributed by atoms with Crippen molar-refractivity contribution in [3.8, 4) is 34.1 Å². The topological polar surface area (TPSA) is 70.8 Å². The molecule has 3 aromatic carbocycles. The number of benzene rings is 3. The molecule has 40 heavy (non-hydrogen) atoms. The summed E-state index contributed by atoms with van der Waals surface area (Å²) in [5, 5.41) is 0. The Morgan fingerprint density at radius 2 is 1.60 bits per heavy atom. The number of carbonyl (C=O) groups excluding carboxylic acids is 1. The van der Waals surface area contributed by atoms with E-state index in [0.717, 1.165) is 53.2 Å². The number of hydrogen-bond acceptors (Lipinski definition) is 6. The van der Waals surface area contributed by atoms with Gasteiger partial charge in [-0.25, -0.2) is 9.78 Å². The van der Waals surface area contributed by atoms with Crippen LogP contribution in [0, 0.1) is 6.92 Å². The van der Waals surface area contributed by atoms with Gasteiger partial charge in [-0.2, -0.15) is 0 Å². The van der Waals surface area contributed by atoms with Crippen molar-refractivity contribution < 1.29 is 23.4 Å². The van der Waals surface area contributed by atoms with Gasteiger partial charge in [0.25, 0.3) is 0 Å². The summed E-state index contributed by atoms with van der Waals surface area (Å²) in [4.78, 5) is 17.0. The number of aryl methyl sites for hydroxylation is 2. The molecule has 6 heteroatoms. The zero-order valence-corrected chi connectivity index (χ0v) is 24.2. The summed E-state index contributed by atoms with van der Waals surface area (Å²) in [6.45, 7) is 10.1. The fraction of sp³-hybridized carbons (Fsp3) is 0.353. The van der Waals surface area contributed by atoms with Crippen LogP contribution >= 0.6 is 0 Å². The predicted molar refractivity (Wildman–Crippen MR) is 158 cm³/mol. The van der Waals surface area contributed by atoms with Crippen LogP contribution in [0.15, 0.2) is 77.2 Å². The number of aromatic nitrogens is 1. The van der Waals surface area contributed by atoms with Crippen LogP contribution in [-0.4, -0.2) is 29.8 Å². The molecule has 0 unspecified atom stereocenters. The first kappa shape index (κ1) is 28.9. The molecule has 0 atom stereocenters. The highest BCUT2D eigenvalue weighted by Gasteiger charge is 2.31. The lowest BCUT2D eigenvalue weighted by Gasteiger charge is -2.24. The maximum Gasteiger partial charge on any atom is 0.349 e. The maximum absolute atomic E-state index is 12.3. The summed E-state index contributed by atoms with van der Waals surface area (Å²) in [6, 6.07) is 24.3. The number of hydrogen-bond donors (Lipinski definition) is 0. The van der Waals surface area contributed by atoms with Crippen LogP contribution in [0.25, 0.3) is 22.6 Å². The van der Waals surface area contributed by atoms with Crippen molar-refractivity contribution in [2.45, 2.75) is 65.9 Å². The Bertz CT molecular complexity index is 1390. The average Bonchev–Trinajstić information content (AvgIpc) is 3.33. The van der Waals surface area contributed by atoms with E-state index in [1.807, 2.05) is 55.5 Å². The molecule has 0 N–H and O–H groups in total. The third kappa shape index (κ3) is 7.32. The normalized spacial score (nSPS) is 11.3. The van der Waals surface area contributed by atoms with Crippen LogP contribution in [0.1, 0.15) is 57.6 Å². The second kappa shape index (κ2) is 13.3. The molecule has 1 aromatic heterocycles. The molecular formula is C34H39NO5. The Morgan fingerprint density at radius 3 is 2.30 bits per heavy atom. The van der Waals surface area contributed by atoms with E-state index < -0.39 is 5.60 Å². The van der Waals surface area contributed by atoms with Gasteiger partial charge in [-0.3, -0.25) is 0 Å². The molecule has 0 aliphatic rings. The van der Waals surface area contributed by atoms with Gasteiger partial charge < -0.3 is 18.6 Å². The van der Waals surface area contributed by atoms with E-state index in [9.17, 15) is 4.79 Å². The summed E-state index contributed by atoms with van der Waals surface area (Å²) in [7, 11) is 0. The molecule has 0 radical (unpaired) electrons. The lowest BCUT2D eigenvalue weighted by atomic mass is 10.0. The van der Waals surface area contributed by atoms with E-state index in [0.29, 0.717) is 31.3 Å². The van der Waals surface area contributed by atoms with E-state index in [2.05, 4.69) is 31.2 Å². The summed E-state index contributed by atoms with van der Waals surface area (Å²) in [5.41, 5.74) is 4.13. The van der Waals surface area contributed by atoms with E-state index in [1.165, 1.54) is 5.56 Å². The van der Waals surface area contributed by atoms with Gasteiger partial charge in [0.15, 0.2) is 5.60 Å². The molecule has 0 saturated heterocycles. The molecule has 6 nitrogen and oxygen atoms in total. The molecule has 0 amide bonds. The van der Waals surface area contributed by atoms with Crippen LogP contribution in [0.4, 0.5) is 0 Å². The molecule has 0 aliphatic heterocycles. The Labute approximate surface area is 237 Å². The molecule has 0 bridgehead atoms. The van der Waals surface area contributed by atoms with Crippen molar-refractivity contribution in [3.63, 3.8) is 0 Å². The smallest absolute Gasteiger partial charge is 0.349 e. The number of carbonyl (C=O) groups is 1. The van der Waals surface area contributed by atoms with Crippen LogP contribution < -0.4 is 9.47 Å². The van der Waals surface area contributed by atoms with Crippen LogP contribution in [0.5, 0.6) is 11.5 Å². The molecule has 4 rings (SSSR count). The molecular weight excluding hydrogens is 502 g/mol. The highest BCUT2D eigenvalue weighted by Crippen LogP contribution is 2.30. The quantitative estimate of drug-likeness (QED) is 0.160. The monoisotopic (exact) mass is 541 g/mol. The van der Waals surface area contributed by atoms with Gasteiger partial charge in [0.05, 0.1) is 18.9 Å². The van der Waals surface area contributed by atoms with E-state index in [4.69, 9.17) is 23.6 Å². The summed E-state index contributed by atoms with van der Waals surface area (Å²) < 4.78 is 23.4. The van der Waals surface area contributed by atoms with Crippen molar-refractivity contribution in [2.24, 2.45) is 0 Å². The van der Waals surface area contributed by atoms with E-state index in [-0.39, 0.29) is 5.97 Å². The molecule has 0 spiro atoms. The summed E-state index contributed by atoms with van der Waals surface area (Å²) in [6.07, 6.45) is 3.57. The lowest BCUT2D eigenvalue weighted by molar-refractivity contribution is -0.158. The van der Waals surface area contributed by atoms with Crippen molar-refractivity contribution in [1.29, 1.82) is 0 Å². The maximum atomic E-state index is 12.3. The molecule has 1 heterocycles. The number of unbranched alkanes of at least 4 members (excludes halogenated alkanes) is 1. The zero-order valence-electron chi connectivity index (χ0n) is 24.2. The lowest BCUT2D eigenvalue weighted by Crippen LogP contribution is -2.39. The molecule has 4 aromatic rings. The van der Waals surface area contributed by atoms with Crippen LogP contribution in [-0.2, 0) is 22.4 Å². The first-order chi connectivity index (χ1) is 19.3. The Balaban J connectivity index is 1.41. The van der Waals surface area contributed by atoms with Gasteiger partial charge >= 0.3 is 5.97 Å². The van der Waals surface area contributed by atoms with Crippen molar-refractivity contribution >= 4 is 5.97 Å². The van der Waals surface area contributed by atoms with Gasteiger partial charge in [-0.1, -0.05) is 55.8 Å². The van der Waals surface area contributed by atoms with Crippen LogP contribution in [0.3, 0.4) is 0 Å². The highest BCUT2D eigenvalue weighted by atomic mass is 16.6. The SMILES string of the molecule is CCCCc1cc(OC(C)(C)C(=O)OCC)ccc1OCCc1nc(-c2ccc(-c3ccccc3)cc2)oc1C. The Hall–Kier alpha value is -4.06. The molecule has 0 aliphatic carbocycles. The summed E-state index contributed by atoms with van der Waals surface area (Å²) >= 11 is 0. The van der Waals surface area contributed by atoms with Gasteiger partial charge in [-0.05, 0) is 87.6 Å². The fourth-order valence-electron chi connectivity index (χ4n) is 4.44. The predicted octanol–water partition coefficient (Wildman–Crippen LogP) is 8.00. The zero-order chi connectivity index (χ0) is 28.5. The number of oxazole rings is 1. The first-order valence-corrected chi connectivity index (χ1v) is 14.0. The Morgan fingerprint density at radius 1 is 0.900 bits per heavy atom.